The Hall–Kier alpha value is -1.87. The van der Waals surface area contributed by atoms with Crippen LogP contribution < -0.4 is 5.73 Å². The molecule has 1 heterocycles. The van der Waals surface area contributed by atoms with Gasteiger partial charge in [0.25, 0.3) is 6.43 Å². The molecule has 0 radical (unpaired) electrons. The van der Waals surface area contributed by atoms with Gasteiger partial charge >= 0.3 is 0 Å². The zero-order valence-corrected chi connectivity index (χ0v) is 7.58. The molecule has 0 fully saturated rings. The maximum Gasteiger partial charge on any atom is 0.265 e. The number of pyridine rings is 1. The first-order valence-electron chi connectivity index (χ1n) is 4.01. The molecule has 4 nitrogen and oxygen atoms in total. The minimum atomic E-state index is -2.85. The lowest BCUT2D eigenvalue weighted by atomic mass is 10.0. The predicted molar refractivity (Wildman–Crippen MR) is 47.2 cm³/mol. The summed E-state index contributed by atoms with van der Waals surface area (Å²) in [5.41, 5.74) is 4.12. The molecule has 0 aliphatic carbocycles. The molecule has 0 atom stereocenters. The molecule has 6 heteroatoms. The first-order chi connectivity index (χ1) is 7.15. The Kier molecular flexibility index (Phi) is 3.42. The van der Waals surface area contributed by atoms with E-state index in [-0.39, 0.29) is 29.7 Å². The highest BCUT2D eigenvalue weighted by molar-refractivity contribution is 5.81. The molecule has 0 saturated carbocycles. The van der Waals surface area contributed by atoms with E-state index < -0.39 is 12.0 Å². The summed E-state index contributed by atoms with van der Waals surface area (Å²) >= 11 is 0. The molecule has 0 aliphatic rings. The quantitative estimate of drug-likeness (QED) is 0.761. The standard InChI is InChI=1S/C9H7F2N3O/c10-9(11)8-5(1-12)3-14-7(2-13)6(8)4-15/h3-4,9H,1,12H2. The van der Waals surface area contributed by atoms with Gasteiger partial charge in [-0.05, 0) is 5.56 Å². The van der Waals surface area contributed by atoms with Crippen LogP contribution in [0.1, 0.15) is 33.6 Å². The molecule has 0 bridgehead atoms. The smallest absolute Gasteiger partial charge is 0.265 e. The molecule has 0 unspecified atom stereocenters. The van der Waals surface area contributed by atoms with Crippen LogP contribution in [0.4, 0.5) is 8.78 Å². The van der Waals surface area contributed by atoms with Gasteiger partial charge in [0, 0.05) is 18.3 Å². The number of nitriles is 1. The number of nitrogens with zero attached hydrogens (tertiary/aromatic N) is 2. The SMILES string of the molecule is N#Cc1ncc(CN)c(C(F)F)c1C=O. The van der Waals surface area contributed by atoms with Crippen LogP contribution in [0.25, 0.3) is 0 Å². The number of carbonyl (C=O) groups is 1. The number of aromatic nitrogens is 1. The Bertz CT molecular complexity index is 426. The molecule has 0 saturated heterocycles. The van der Waals surface area contributed by atoms with E-state index in [0.717, 1.165) is 6.20 Å². The number of hydrogen-bond acceptors (Lipinski definition) is 4. The summed E-state index contributed by atoms with van der Waals surface area (Å²) in [5.74, 6) is 0. The molecule has 1 aromatic rings. The molecule has 15 heavy (non-hydrogen) atoms. The maximum atomic E-state index is 12.6. The van der Waals surface area contributed by atoms with E-state index in [2.05, 4.69) is 4.98 Å². The first-order valence-corrected chi connectivity index (χ1v) is 4.01. The number of hydrogen-bond donors (Lipinski definition) is 1. The predicted octanol–water partition coefficient (Wildman–Crippen LogP) is 1.16. The second-order valence-electron chi connectivity index (χ2n) is 2.69. The van der Waals surface area contributed by atoms with Gasteiger partial charge in [0.2, 0.25) is 0 Å². The average molecular weight is 211 g/mol. The lowest BCUT2D eigenvalue weighted by Crippen LogP contribution is -2.08. The summed E-state index contributed by atoms with van der Waals surface area (Å²) in [4.78, 5) is 14.2. The monoisotopic (exact) mass is 211 g/mol. The molecule has 0 aromatic carbocycles. The molecular weight excluding hydrogens is 204 g/mol. The van der Waals surface area contributed by atoms with Crippen molar-refractivity contribution in [2.45, 2.75) is 13.0 Å². The van der Waals surface area contributed by atoms with Crippen LogP contribution in [0.2, 0.25) is 0 Å². The fourth-order valence-corrected chi connectivity index (χ4v) is 1.21. The number of alkyl halides is 2. The summed E-state index contributed by atoms with van der Waals surface area (Å²) < 4.78 is 25.3. The van der Waals surface area contributed by atoms with Gasteiger partial charge in [0.1, 0.15) is 6.07 Å². The molecule has 2 N–H and O–H groups in total. The molecule has 78 valence electrons. The summed E-state index contributed by atoms with van der Waals surface area (Å²) in [6.07, 6.45) is -1.56. The number of rotatable bonds is 3. The van der Waals surface area contributed by atoms with Crippen molar-refractivity contribution in [1.29, 1.82) is 5.26 Å². The molecule has 0 aliphatic heterocycles. The number of halogens is 2. The van der Waals surface area contributed by atoms with Crippen molar-refractivity contribution < 1.29 is 13.6 Å². The lowest BCUT2D eigenvalue weighted by Gasteiger charge is -2.09. The fourth-order valence-electron chi connectivity index (χ4n) is 1.21. The van der Waals surface area contributed by atoms with E-state index in [0.29, 0.717) is 0 Å². The normalized spacial score (nSPS) is 10.1. The third-order valence-corrected chi connectivity index (χ3v) is 1.90. The lowest BCUT2D eigenvalue weighted by molar-refractivity contribution is 0.110. The second-order valence-corrected chi connectivity index (χ2v) is 2.69. The largest absolute Gasteiger partial charge is 0.326 e. The van der Waals surface area contributed by atoms with Gasteiger partial charge in [0.05, 0.1) is 5.56 Å². The van der Waals surface area contributed by atoms with Crippen molar-refractivity contribution in [3.05, 3.63) is 28.6 Å². The zero-order chi connectivity index (χ0) is 11.4. The number of nitrogens with two attached hydrogens (primary N) is 1. The number of aldehydes is 1. The third kappa shape index (κ3) is 1.97. The number of carbonyl (C=O) groups excluding carboxylic acids is 1. The van der Waals surface area contributed by atoms with Crippen LogP contribution in [-0.2, 0) is 6.54 Å². The van der Waals surface area contributed by atoms with E-state index in [1.165, 1.54) is 0 Å². The van der Waals surface area contributed by atoms with Gasteiger partial charge in [-0.15, -0.1) is 0 Å². The molecule has 1 rings (SSSR count). The van der Waals surface area contributed by atoms with Gasteiger partial charge in [0.15, 0.2) is 12.0 Å². The van der Waals surface area contributed by atoms with Crippen molar-refractivity contribution in [1.82, 2.24) is 4.98 Å². The van der Waals surface area contributed by atoms with Crippen molar-refractivity contribution >= 4 is 6.29 Å². The van der Waals surface area contributed by atoms with E-state index in [1.54, 1.807) is 6.07 Å². The van der Waals surface area contributed by atoms with E-state index >= 15 is 0 Å². The summed E-state index contributed by atoms with van der Waals surface area (Å²) in [7, 11) is 0. The molecule has 0 amide bonds. The Morgan fingerprint density at radius 1 is 1.67 bits per heavy atom. The van der Waals surface area contributed by atoms with Gasteiger partial charge in [-0.25, -0.2) is 13.8 Å². The fraction of sp³-hybridized carbons (Fsp3) is 0.222. The van der Waals surface area contributed by atoms with Crippen molar-refractivity contribution in [2.24, 2.45) is 5.73 Å². The van der Waals surface area contributed by atoms with Gasteiger partial charge in [-0.1, -0.05) is 0 Å². The average Bonchev–Trinajstić information content (AvgIpc) is 2.26. The zero-order valence-electron chi connectivity index (χ0n) is 7.58. The van der Waals surface area contributed by atoms with E-state index in [4.69, 9.17) is 11.0 Å². The van der Waals surface area contributed by atoms with Gasteiger partial charge < -0.3 is 5.73 Å². The Morgan fingerprint density at radius 3 is 2.73 bits per heavy atom. The van der Waals surface area contributed by atoms with Crippen molar-refractivity contribution in [3.8, 4) is 6.07 Å². The van der Waals surface area contributed by atoms with Crippen LogP contribution in [0.15, 0.2) is 6.20 Å². The van der Waals surface area contributed by atoms with E-state index in [9.17, 15) is 13.6 Å². The highest BCUT2D eigenvalue weighted by Gasteiger charge is 2.20. The first kappa shape index (κ1) is 11.2. The van der Waals surface area contributed by atoms with Crippen molar-refractivity contribution in [3.63, 3.8) is 0 Å². The third-order valence-electron chi connectivity index (χ3n) is 1.90. The Balaban J connectivity index is 3.53. The van der Waals surface area contributed by atoms with Crippen LogP contribution in [0, 0.1) is 11.3 Å². The molecular formula is C9H7F2N3O. The van der Waals surface area contributed by atoms with Gasteiger partial charge in [-0.2, -0.15) is 5.26 Å². The van der Waals surface area contributed by atoms with E-state index in [1.807, 2.05) is 0 Å². The van der Waals surface area contributed by atoms with Crippen LogP contribution in [0.3, 0.4) is 0 Å². The Labute approximate surface area is 84.3 Å². The minimum Gasteiger partial charge on any atom is -0.326 e. The Morgan fingerprint density at radius 2 is 2.33 bits per heavy atom. The summed E-state index contributed by atoms with van der Waals surface area (Å²) in [5, 5.41) is 8.57. The summed E-state index contributed by atoms with van der Waals surface area (Å²) in [6.45, 7) is -0.154. The topological polar surface area (TPSA) is 79.8 Å². The summed E-state index contributed by atoms with van der Waals surface area (Å²) in [6, 6.07) is 1.58. The highest BCUT2D eigenvalue weighted by Crippen LogP contribution is 2.26. The molecule has 0 spiro atoms. The second kappa shape index (κ2) is 4.57. The maximum absolute atomic E-state index is 12.6. The van der Waals surface area contributed by atoms with Crippen molar-refractivity contribution in [2.75, 3.05) is 0 Å². The van der Waals surface area contributed by atoms with Crippen LogP contribution in [-0.4, -0.2) is 11.3 Å². The van der Waals surface area contributed by atoms with Crippen LogP contribution >= 0.6 is 0 Å². The highest BCUT2D eigenvalue weighted by atomic mass is 19.3. The van der Waals surface area contributed by atoms with Crippen LogP contribution in [0.5, 0.6) is 0 Å². The molecule has 1 aromatic heterocycles. The minimum absolute atomic E-state index is 0.0751. The van der Waals surface area contributed by atoms with Gasteiger partial charge in [-0.3, -0.25) is 4.79 Å².